The molecule has 0 aromatic carbocycles. The standard InChI is InChI=1S/C8H9N5S/c9-8-3-6(1-2-10-8)11-4-7-5-12-13-14-7/h1-3,5H,4H2,(H3,9,10,11). The second-order valence-corrected chi connectivity index (χ2v) is 3.58. The van der Waals surface area contributed by atoms with Gasteiger partial charge in [-0.15, -0.1) is 5.10 Å². The molecule has 0 aliphatic carbocycles. The lowest BCUT2D eigenvalue weighted by molar-refractivity contribution is 1.12. The van der Waals surface area contributed by atoms with Crippen molar-refractivity contribution in [1.29, 1.82) is 0 Å². The van der Waals surface area contributed by atoms with Gasteiger partial charge in [0.05, 0.1) is 17.6 Å². The number of rotatable bonds is 3. The van der Waals surface area contributed by atoms with E-state index in [0.29, 0.717) is 12.4 Å². The smallest absolute Gasteiger partial charge is 0.125 e. The summed E-state index contributed by atoms with van der Waals surface area (Å²) >= 11 is 1.38. The fraction of sp³-hybridized carbons (Fsp3) is 0.125. The Morgan fingerprint density at radius 3 is 3.14 bits per heavy atom. The number of hydrogen-bond donors (Lipinski definition) is 2. The first-order valence-corrected chi connectivity index (χ1v) is 4.83. The van der Waals surface area contributed by atoms with Crippen LogP contribution in [-0.2, 0) is 6.54 Å². The molecule has 0 radical (unpaired) electrons. The minimum atomic E-state index is 0.512. The van der Waals surface area contributed by atoms with Crippen LogP contribution in [-0.4, -0.2) is 14.6 Å². The molecule has 0 atom stereocenters. The van der Waals surface area contributed by atoms with E-state index < -0.39 is 0 Å². The third-order valence-electron chi connectivity index (χ3n) is 1.65. The fourth-order valence-corrected chi connectivity index (χ4v) is 1.44. The molecule has 0 spiro atoms. The molecule has 2 rings (SSSR count). The summed E-state index contributed by atoms with van der Waals surface area (Å²) in [7, 11) is 0. The maximum absolute atomic E-state index is 5.53. The van der Waals surface area contributed by atoms with Crippen LogP contribution in [0.4, 0.5) is 11.5 Å². The molecular formula is C8H9N5S. The number of hydrogen-bond acceptors (Lipinski definition) is 6. The molecule has 3 N–H and O–H groups in total. The van der Waals surface area contributed by atoms with Crippen LogP contribution in [0.3, 0.4) is 0 Å². The zero-order valence-corrected chi connectivity index (χ0v) is 8.16. The van der Waals surface area contributed by atoms with Gasteiger partial charge in [-0.25, -0.2) is 4.98 Å². The van der Waals surface area contributed by atoms with E-state index >= 15 is 0 Å². The van der Waals surface area contributed by atoms with Gasteiger partial charge in [-0.2, -0.15) is 0 Å². The minimum absolute atomic E-state index is 0.512. The van der Waals surface area contributed by atoms with Crippen LogP contribution in [0.1, 0.15) is 4.88 Å². The summed E-state index contributed by atoms with van der Waals surface area (Å²) in [6.07, 6.45) is 3.41. The number of pyridine rings is 1. The van der Waals surface area contributed by atoms with Gasteiger partial charge in [0.25, 0.3) is 0 Å². The second kappa shape index (κ2) is 4.01. The van der Waals surface area contributed by atoms with Gasteiger partial charge in [0, 0.05) is 18.0 Å². The Kier molecular flexibility index (Phi) is 2.55. The lowest BCUT2D eigenvalue weighted by Gasteiger charge is -2.03. The lowest BCUT2D eigenvalue weighted by Crippen LogP contribution is -1.99. The van der Waals surface area contributed by atoms with E-state index in [2.05, 4.69) is 19.9 Å². The van der Waals surface area contributed by atoms with Crippen molar-refractivity contribution in [3.63, 3.8) is 0 Å². The largest absolute Gasteiger partial charge is 0.384 e. The Balaban J connectivity index is 1.98. The third-order valence-corrected chi connectivity index (χ3v) is 2.31. The highest BCUT2D eigenvalue weighted by Gasteiger charge is 1.96. The van der Waals surface area contributed by atoms with Gasteiger partial charge in [-0.05, 0) is 17.6 Å². The lowest BCUT2D eigenvalue weighted by atomic mass is 10.4. The maximum Gasteiger partial charge on any atom is 0.125 e. The quantitative estimate of drug-likeness (QED) is 0.788. The Labute approximate surface area is 85.2 Å². The zero-order valence-electron chi connectivity index (χ0n) is 7.34. The van der Waals surface area contributed by atoms with Crippen LogP contribution >= 0.6 is 11.5 Å². The van der Waals surface area contributed by atoms with Crippen LogP contribution in [0.2, 0.25) is 0 Å². The Bertz CT molecular complexity index is 400. The second-order valence-electron chi connectivity index (χ2n) is 2.71. The molecule has 0 saturated carbocycles. The molecule has 0 amide bonds. The highest BCUT2D eigenvalue weighted by molar-refractivity contribution is 7.05. The molecule has 2 aromatic heterocycles. The Hall–Kier alpha value is -1.69. The summed E-state index contributed by atoms with van der Waals surface area (Å²) in [5, 5.41) is 6.94. The predicted octanol–water partition coefficient (Wildman–Crippen LogP) is 1.13. The molecule has 0 aliphatic heterocycles. The van der Waals surface area contributed by atoms with E-state index in [0.717, 1.165) is 10.6 Å². The number of nitrogen functional groups attached to an aromatic ring is 1. The van der Waals surface area contributed by atoms with E-state index in [4.69, 9.17) is 5.73 Å². The number of anilines is 2. The molecule has 0 saturated heterocycles. The molecule has 2 aromatic rings. The highest BCUT2D eigenvalue weighted by atomic mass is 32.1. The number of nitrogens with zero attached hydrogens (tertiary/aromatic N) is 3. The van der Waals surface area contributed by atoms with Crippen molar-refractivity contribution in [3.05, 3.63) is 29.4 Å². The molecular weight excluding hydrogens is 198 g/mol. The van der Waals surface area contributed by atoms with Gasteiger partial charge in [0.15, 0.2) is 0 Å². The van der Waals surface area contributed by atoms with Gasteiger partial charge in [-0.3, -0.25) is 0 Å². The molecule has 0 unspecified atom stereocenters. The summed E-state index contributed by atoms with van der Waals surface area (Å²) in [5.74, 6) is 0.512. The average molecular weight is 207 g/mol. The first-order chi connectivity index (χ1) is 6.84. The van der Waals surface area contributed by atoms with Crippen LogP contribution in [0.25, 0.3) is 0 Å². The zero-order chi connectivity index (χ0) is 9.80. The third kappa shape index (κ3) is 2.17. The molecule has 14 heavy (non-hydrogen) atoms. The first-order valence-electron chi connectivity index (χ1n) is 4.06. The summed E-state index contributed by atoms with van der Waals surface area (Å²) < 4.78 is 3.77. The van der Waals surface area contributed by atoms with Crippen LogP contribution in [0, 0.1) is 0 Å². The normalized spacial score (nSPS) is 10.0. The topological polar surface area (TPSA) is 76.7 Å². The van der Waals surface area contributed by atoms with Crippen molar-refractivity contribution < 1.29 is 0 Å². The molecule has 2 heterocycles. The monoisotopic (exact) mass is 207 g/mol. The average Bonchev–Trinajstić information content (AvgIpc) is 2.67. The fourth-order valence-electron chi connectivity index (χ4n) is 1.01. The SMILES string of the molecule is Nc1cc(NCc2cnns2)ccn1. The summed E-state index contributed by atoms with van der Waals surface area (Å²) in [4.78, 5) is 4.98. The van der Waals surface area contributed by atoms with E-state index in [1.165, 1.54) is 11.5 Å². The van der Waals surface area contributed by atoms with Crippen molar-refractivity contribution in [2.75, 3.05) is 11.1 Å². The van der Waals surface area contributed by atoms with Crippen LogP contribution < -0.4 is 11.1 Å². The van der Waals surface area contributed by atoms with E-state index in [9.17, 15) is 0 Å². The predicted molar refractivity (Wildman–Crippen MR) is 55.9 cm³/mol. The Morgan fingerprint density at radius 1 is 1.50 bits per heavy atom. The van der Waals surface area contributed by atoms with Gasteiger partial charge >= 0.3 is 0 Å². The molecule has 0 bridgehead atoms. The van der Waals surface area contributed by atoms with Crippen molar-refractivity contribution in [2.45, 2.75) is 6.54 Å². The van der Waals surface area contributed by atoms with E-state index in [1.807, 2.05) is 6.07 Å². The van der Waals surface area contributed by atoms with Gasteiger partial charge in [0.1, 0.15) is 5.82 Å². The molecule has 5 nitrogen and oxygen atoms in total. The van der Waals surface area contributed by atoms with Crippen LogP contribution in [0.5, 0.6) is 0 Å². The molecule has 0 fully saturated rings. The van der Waals surface area contributed by atoms with Crippen molar-refractivity contribution in [2.24, 2.45) is 0 Å². The van der Waals surface area contributed by atoms with E-state index in [-0.39, 0.29) is 0 Å². The Morgan fingerprint density at radius 2 is 2.43 bits per heavy atom. The summed E-state index contributed by atoms with van der Waals surface area (Å²) in [6, 6.07) is 3.65. The van der Waals surface area contributed by atoms with Crippen molar-refractivity contribution >= 4 is 23.0 Å². The number of nitrogens with two attached hydrogens (primary N) is 1. The van der Waals surface area contributed by atoms with Gasteiger partial charge in [0.2, 0.25) is 0 Å². The number of nitrogens with one attached hydrogen (secondary N) is 1. The van der Waals surface area contributed by atoms with Crippen molar-refractivity contribution in [1.82, 2.24) is 14.6 Å². The number of aromatic nitrogens is 3. The maximum atomic E-state index is 5.53. The van der Waals surface area contributed by atoms with Crippen LogP contribution in [0.15, 0.2) is 24.5 Å². The summed E-state index contributed by atoms with van der Waals surface area (Å²) in [6.45, 7) is 0.709. The van der Waals surface area contributed by atoms with Gasteiger partial charge < -0.3 is 11.1 Å². The van der Waals surface area contributed by atoms with E-state index in [1.54, 1.807) is 18.5 Å². The minimum Gasteiger partial charge on any atom is -0.384 e. The highest BCUT2D eigenvalue weighted by Crippen LogP contribution is 2.11. The first kappa shape index (κ1) is 8.89. The summed E-state index contributed by atoms with van der Waals surface area (Å²) in [5.41, 5.74) is 6.48. The molecule has 6 heteroatoms. The molecule has 0 aliphatic rings. The van der Waals surface area contributed by atoms with Crippen molar-refractivity contribution in [3.8, 4) is 0 Å². The molecule has 72 valence electrons. The van der Waals surface area contributed by atoms with Gasteiger partial charge in [-0.1, -0.05) is 4.49 Å².